The Morgan fingerprint density at radius 2 is 1.73 bits per heavy atom. The molecule has 2 aromatic heterocycles. The van der Waals surface area contributed by atoms with Gasteiger partial charge < -0.3 is 8.83 Å². The molecule has 0 bridgehead atoms. The second kappa shape index (κ2) is 7.72. The number of nitrogens with zero attached hydrogens (tertiary/aromatic N) is 1. The van der Waals surface area contributed by atoms with Gasteiger partial charge in [0.25, 0.3) is 10.0 Å². The monoisotopic (exact) mass is 479 g/mol. The lowest BCUT2D eigenvalue weighted by atomic mass is 10.1. The van der Waals surface area contributed by atoms with Crippen LogP contribution in [0.2, 0.25) is 0 Å². The highest BCUT2D eigenvalue weighted by Crippen LogP contribution is 2.38. The zero-order chi connectivity index (χ0) is 23.3. The van der Waals surface area contributed by atoms with Crippen LogP contribution in [-0.2, 0) is 10.0 Å². The second-order valence-corrected chi connectivity index (χ2v) is 10.3. The first kappa shape index (κ1) is 21.2. The van der Waals surface area contributed by atoms with E-state index in [0.717, 1.165) is 21.2 Å². The standard InChI is InChI=1S/C24H17NO6S2/c1-14-9-10-15(2)21(12-14)33(28,29)25(23(26)19-8-5-11-30-19)18-13-20-22(31-24(27)32-20)17-7-4-3-6-16(17)18/h3-13H,1-2H3. The Morgan fingerprint density at radius 1 is 0.970 bits per heavy atom. The second-order valence-electron chi connectivity index (χ2n) is 7.54. The number of hydrogen-bond acceptors (Lipinski definition) is 7. The first-order valence-corrected chi connectivity index (χ1v) is 12.2. The number of aryl methyl sites for hydroxylation is 2. The molecule has 9 heteroatoms. The fraction of sp³-hybridized carbons (Fsp3) is 0.0833. The van der Waals surface area contributed by atoms with Crippen molar-refractivity contribution in [2.75, 3.05) is 4.31 Å². The topological polar surface area (TPSA) is 97.8 Å². The molecule has 166 valence electrons. The van der Waals surface area contributed by atoms with E-state index in [1.807, 2.05) is 0 Å². The first-order valence-electron chi connectivity index (χ1n) is 9.93. The molecule has 33 heavy (non-hydrogen) atoms. The van der Waals surface area contributed by atoms with Crippen molar-refractivity contribution in [3.8, 4) is 0 Å². The Hall–Kier alpha value is -3.69. The Morgan fingerprint density at radius 3 is 2.45 bits per heavy atom. The summed E-state index contributed by atoms with van der Waals surface area (Å²) in [6.07, 6.45) is 1.30. The Bertz CT molecular complexity index is 1690. The van der Waals surface area contributed by atoms with Gasteiger partial charge >= 0.3 is 10.8 Å². The molecule has 5 rings (SSSR count). The molecule has 1 amide bonds. The number of amides is 1. The van der Waals surface area contributed by atoms with Crippen molar-refractivity contribution in [1.29, 1.82) is 0 Å². The van der Waals surface area contributed by atoms with Crippen LogP contribution in [0.15, 0.2) is 85.5 Å². The van der Waals surface area contributed by atoms with E-state index < -0.39 is 20.9 Å². The third-order valence-corrected chi connectivity index (χ3v) is 7.93. The van der Waals surface area contributed by atoms with Gasteiger partial charge in [-0.3, -0.25) is 4.79 Å². The van der Waals surface area contributed by atoms with Gasteiger partial charge in [0.15, 0.2) is 11.3 Å². The molecule has 0 saturated heterocycles. The number of carbonyl (C=O) groups excluding carboxylic acids is 1. The first-order chi connectivity index (χ1) is 15.8. The van der Waals surface area contributed by atoms with Crippen molar-refractivity contribution in [2.45, 2.75) is 18.7 Å². The number of furan rings is 1. The van der Waals surface area contributed by atoms with E-state index in [0.29, 0.717) is 26.6 Å². The van der Waals surface area contributed by atoms with E-state index >= 15 is 0 Å². The molecule has 0 atom stereocenters. The number of anilines is 1. The summed E-state index contributed by atoms with van der Waals surface area (Å²) >= 11 is 0.841. The molecule has 0 saturated carbocycles. The van der Waals surface area contributed by atoms with Gasteiger partial charge in [-0.1, -0.05) is 47.7 Å². The summed E-state index contributed by atoms with van der Waals surface area (Å²) in [7, 11) is -4.37. The summed E-state index contributed by atoms with van der Waals surface area (Å²) in [5.41, 5.74) is 1.69. The fourth-order valence-corrected chi connectivity index (χ4v) is 6.22. The van der Waals surface area contributed by atoms with Gasteiger partial charge in [0.1, 0.15) is 0 Å². The summed E-state index contributed by atoms with van der Waals surface area (Å²) < 4.78 is 39.8. The lowest BCUT2D eigenvalue weighted by Gasteiger charge is -2.24. The highest BCUT2D eigenvalue weighted by molar-refractivity contribution is 7.93. The van der Waals surface area contributed by atoms with Crippen LogP contribution in [0.4, 0.5) is 5.69 Å². The molecule has 0 aliphatic rings. The molecule has 0 spiro atoms. The van der Waals surface area contributed by atoms with Crippen molar-refractivity contribution in [1.82, 2.24) is 0 Å². The van der Waals surface area contributed by atoms with E-state index in [9.17, 15) is 18.0 Å². The summed E-state index contributed by atoms with van der Waals surface area (Å²) in [4.78, 5) is 25.0. The molecule has 2 heterocycles. The summed E-state index contributed by atoms with van der Waals surface area (Å²) in [6, 6.07) is 16.3. The zero-order valence-electron chi connectivity index (χ0n) is 17.6. The minimum Gasteiger partial charge on any atom is -0.459 e. The molecule has 0 N–H and O–H groups in total. The van der Waals surface area contributed by atoms with E-state index in [1.165, 1.54) is 30.5 Å². The van der Waals surface area contributed by atoms with E-state index in [-0.39, 0.29) is 16.3 Å². The van der Waals surface area contributed by atoms with Crippen LogP contribution in [0.3, 0.4) is 0 Å². The van der Waals surface area contributed by atoms with Crippen LogP contribution in [0.25, 0.3) is 21.1 Å². The highest BCUT2D eigenvalue weighted by atomic mass is 32.2. The quantitative estimate of drug-likeness (QED) is 0.349. The van der Waals surface area contributed by atoms with Crippen LogP contribution >= 0.6 is 11.3 Å². The van der Waals surface area contributed by atoms with Crippen molar-refractivity contribution in [3.05, 3.63) is 93.5 Å². The van der Waals surface area contributed by atoms with Gasteiger partial charge in [-0.15, -0.1) is 0 Å². The van der Waals surface area contributed by atoms with Crippen LogP contribution in [0.1, 0.15) is 21.7 Å². The maximum Gasteiger partial charge on any atom is 0.396 e. The van der Waals surface area contributed by atoms with Crippen LogP contribution in [0, 0.1) is 13.8 Å². The van der Waals surface area contributed by atoms with Crippen LogP contribution in [-0.4, -0.2) is 14.3 Å². The minimum atomic E-state index is -4.37. The SMILES string of the molecule is Cc1ccc(C)c(S(=O)(=O)N(C(=O)c2ccco2)c2cc3sc(=O)oc3c3ccccc23)c1. The molecule has 0 unspecified atom stereocenters. The molecule has 7 nitrogen and oxygen atoms in total. The number of rotatable bonds is 4. The normalized spacial score (nSPS) is 11.8. The average Bonchev–Trinajstić information content (AvgIpc) is 3.45. The zero-order valence-corrected chi connectivity index (χ0v) is 19.2. The van der Waals surface area contributed by atoms with Crippen molar-refractivity contribution in [2.24, 2.45) is 0 Å². The molecule has 5 aromatic rings. The Kier molecular flexibility index (Phi) is 4.95. The lowest BCUT2D eigenvalue weighted by molar-refractivity contribution is 0.0979. The van der Waals surface area contributed by atoms with Gasteiger partial charge in [-0.2, -0.15) is 4.31 Å². The third-order valence-electron chi connectivity index (χ3n) is 5.32. The molecule has 0 fully saturated rings. The van der Waals surface area contributed by atoms with Gasteiger partial charge in [0.2, 0.25) is 0 Å². The average molecular weight is 480 g/mol. The van der Waals surface area contributed by atoms with E-state index in [2.05, 4.69) is 0 Å². The Labute approximate surface area is 192 Å². The maximum absolute atomic E-state index is 14.0. The minimum absolute atomic E-state index is 0.00645. The molecular formula is C24H17NO6S2. The summed E-state index contributed by atoms with van der Waals surface area (Å²) in [5.74, 6) is -0.977. The predicted molar refractivity (Wildman–Crippen MR) is 126 cm³/mol. The fourth-order valence-electron chi connectivity index (χ4n) is 3.78. The molecule has 0 aliphatic heterocycles. The maximum atomic E-state index is 14.0. The predicted octanol–water partition coefficient (Wildman–Crippen LogP) is 5.25. The van der Waals surface area contributed by atoms with Gasteiger partial charge in [-0.05, 0) is 49.2 Å². The van der Waals surface area contributed by atoms with Crippen molar-refractivity contribution >= 4 is 54.0 Å². The third kappa shape index (κ3) is 3.46. The molecule has 0 radical (unpaired) electrons. The van der Waals surface area contributed by atoms with Crippen LogP contribution in [0.5, 0.6) is 0 Å². The van der Waals surface area contributed by atoms with Crippen molar-refractivity contribution < 1.29 is 22.0 Å². The number of sulfonamides is 1. The lowest BCUT2D eigenvalue weighted by Crippen LogP contribution is -2.37. The number of benzene rings is 3. The van der Waals surface area contributed by atoms with Gasteiger partial charge in [0.05, 0.1) is 21.5 Å². The van der Waals surface area contributed by atoms with Gasteiger partial charge in [-0.25, -0.2) is 13.2 Å². The smallest absolute Gasteiger partial charge is 0.396 e. The highest BCUT2D eigenvalue weighted by Gasteiger charge is 2.36. The van der Waals surface area contributed by atoms with Crippen LogP contribution < -0.4 is 9.24 Å². The molecule has 3 aromatic carbocycles. The Balaban J connectivity index is 1.88. The largest absolute Gasteiger partial charge is 0.459 e. The van der Waals surface area contributed by atoms with Crippen molar-refractivity contribution in [3.63, 3.8) is 0 Å². The van der Waals surface area contributed by atoms with E-state index in [4.69, 9.17) is 8.83 Å². The summed E-state index contributed by atoms with van der Waals surface area (Å²) in [5, 5.41) is 0.970. The molecule has 0 aliphatic carbocycles. The number of fused-ring (bicyclic) bond motifs is 3. The summed E-state index contributed by atoms with van der Waals surface area (Å²) in [6.45, 7) is 3.45. The molecular weight excluding hydrogens is 462 g/mol. The van der Waals surface area contributed by atoms with E-state index in [1.54, 1.807) is 50.2 Å². The number of hydrogen-bond donors (Lipinski definition) is 0. The van der Waals surface area contributed by atoms with Gasteiger partial charge in [0, 0.05) is 10.8 Å². The number of carbonyl (C=O) groups is 1.